The van der Waals surface area contributed by atoms with Crippen molar-refractivity contribution in [1.82, 2.24) is 0 Å². The summed E-state index contributed by atoms with van der Waals surface area (Å²) in [4.78, 5) is -0.254. The molecule has 0 saturated heterocycles. The largest absolute Gasteiger partial charge is 0.506 e. The number of para-hydroxylation sites is 2. The van der Waals surface area contributed by atoms with Crippen molar-refractivity contribution < 1.29 is 26.7 Å². The summed E-state index contributed by atoms with van der Waals surface area (Å²) in [5, 5.41) is 10.1. The Morgan fingerprint density at radius 1 is 0.781 bits per heavy atom. The van der Waals surface area contributed by atoms with Crippen LogP contribution >= 0.6 is 0 Å². The van der Waals surface area contributed by atoms with E-state index < -0.39 is 25.8 Å². The summed E-state index contributed by atoms with van der Waals surface area (Å²) < 4.78 is 61.0. The number of rotatable bonds is 8. The summed E-state index contributed by atoms with van der Waals surface area (Å²) in [6, 6.07) is 16.1. The zero-order chi connectivity index (χ0) is 23.5. The first-order valence-corrected chi connectivity index (χ1v) is 12.6. The van der Waals surface area contributed by atoms with Crippen LogP contribution in [0.4, 0.5) is 11.4 Å². The Bertz CT molecular complexity index is 1320. The number of hydrogen-bond donors (Lipinski definition) is 3. The number of phenolic OH excluding ortho intramolecular Hbond substituents is 1. The maximum absolute atomic E-state index is 12.8. The first kappa shape index (κ1) is 23.4. The molecule has 0 radical (unpaired) electrons. The lowest BCUT2D eigenvalue weighted by atomic mass is 10.0. The third-order valence-electron chi connectivity index (χ3n) is 4.73. The summed E-state index contributed by atoms with van der Waals surface area (Å²) in [5.41, 5.74) is 0.929. The van der Waals surface area contributed by atoms with Gasteiger partial charge < -0.3 is 9.84 Å². The fraction of sp³-hybridized carbons (Fsp3) is 0.182. The summed E-state index contributed by atoms with van der Waals surface area (Å²) in [6.45, 7) is 3.98. The number of aromatic hydroxyl groups is 1. The van der Waals surface area contributed by atoms with E-state index in [0.29, 0.717) is 5.75 Å². The molecule has 0 unspecified atom stereocenters. The van der Waals surface area contributed by atoms with Crippen molar-refractivity contribution in [3.63, 3.8) is 0 Å². The molecule has 0 fully saturated rings. The lowest BCUT2D eigenvalue weighted by Gasteiger charge is -2.14. The molecule has 170 valence electrons. The fourth-order valence-corrected chi connectivity index (χ4v) is 5.09. The summed E-state index contributed by atoms with van der Waals surface area (Å²) in [6.07, 6.45) is 0. The van der Waals surface area contributed by atoms with Gasteiger partial charge in [0.15, 0.2) is 0 Å². The monoisotopic (exact) mass is 476 g/mol. The first-order valence-electron chi connectivity index (χ1n) is 9.65. The zero-order valence-corrected chi connectivity index (χ0v) is 19.4. The summed E-state index contributed by atoms with van der Waals surface area (Å²) in [7, 11) is -6.74. The predicted molar refractivity (Wildman–Crippen MR) is 123 cm³/mol. The predicted octanol–water partition coefficient (Wildman–Crippen LogP) is 4.13. The van der Waals surface area contributed by atoms with Gasteiger partial charge in [-0.15, -0.1) is 0 Å². The van der Waals surface area contributed by atoms with E-state index in [0.717, 1.165) is 17.7 Å². The number of hydrogen-bond acceptors (Lipinski definition) is 6. The molecule has 0 aliphatic rings. The van der Waals surface area contributed by atoms with Crippen molar-refractivity contribution in [3.05, 3.63) is 72.3 Å². The molecule has 0 atom stereocenters. The number of ether oxygens (including phenoxy) is 1. The zero-order valence-electron chi connectivity index (χ0n) is 17.7. The van der Waals surface area contributed by atoms with Crippen molar-refractivity contribution in [2.45, 2.75) is 29.6 Å². The van der Waals surface area contributed by atoms with E-state index in [1.807, 2.05) is 13.8 Å². The SMILES string of the molecule is COc1ccccc1NS(=O)(=O)c1ccc(O)c(NS(=O)(=O)c2ccc(C(C)C)cc2)c1. The van der Waals surface area contributed by atoms with Crippen LogP contribution in [0.15, 0.2) is 76.5 Å². The molecule has 10 heteroatoms. The van der Waals surface area contributed by atoms with E-state index in [2.05, 4.69) is 9.44 Å². The quantitative estimate of drug-likeness (QED) is 0.420. The second-order valence-electron chi connectivity index (χ2n) is 7.31. The van der Waals surface area contributed by atoms with Crippen molar-refractivity contribution in [2.24, 2.45) is 0 Å². The van der Waals surface area contributed by atoms with Crippen molar-refractivity contribution in [1.29, 1.82) is 0 Å². The van der Waals surface area contributed by atoms with Gasteiger partial charge in [0.05, 0.1) is 28.3 Å². The Morgan fingerprint density at radius 3 is 1.97 bits per heavy atom. The maximum atomic E-state index is 12.8. The van der Waals surface area contributed by atoms with Crippen LogP contribution in [0.25, 0.3) is 0 Å². The number of phenols is 1. The molecule has 0 aliphatic carbocycles. The molecule has 0 spiro atoms. The number of methoxy groups -OCH3 is 1. The Morgan fingerprint density at radius 2 is 1.34 bits per heavy atom. The van der Waals surface area contributed by atoms with Gasteiger partial charge in [0.2, 0.25) is 0 Å². The van der Waals surface area contributed by atoms with Gasteiger partial charge in [-0.1, -0.05) is 38.1 Å². The van der Waals surface area contributed by atoms with Gasteiger partial charge in [-0.05, 0) is 53.9 Å². The third-order valence-corrected chi connectivity index (χ3v) is 7.48. The summed E-state index contributed by atoms with van der Waals surface area (Å²) in [5.74, 6) is 0.144. The van der Waals surface area contributed by atoms with Gasteiger partial charge in [-0.3, -0.25) is 9.44 Å². The second-order valence-corrected chi connectivity index (χ2v) is 10.7. The number of nitrogens with one attached hydrogen (secondary N) is 2. The Hall–Kier alpha value is -3.24. The number of anilines is 2. The smallest absolute Gasteiger partial charge is 0.262 e. The number of sulfonamides is 2. The average molecular weight is 477 g/mol. The van der Waals surface area contributed by atoms with E-state index in [-0.39, 0.29) is 27.1 Å². The minimum Gasteiger partial charge on any atom is -0.506 e. The van der Waals surface area contributed by atoms with Gasteiger partial charge in [0.25, 0.3) is 20.0 Å². The van der Waals surface area contributed by atoms with E-state index in [1.165, 1.54) is 31.4 Å². The molecule has 3 rings (SSSR count). The van der Waals surface area contributed by atoms with Crippen molar-refractivity contribution in [2.75, 3.05) is 16.6 Å². The molecule has 3 aromatic carbocycles. The minimum atomic E-state index is -4.10. The Kier molecular flexibility index (Phi) is 6.65. The van der Waals surface area contributed by atoms with Gasteiger partial charge in [0.1, 0.15) is 11.5 Å². The molecule has 0 heterocycles. The Balaban J connectivity index is 1.91. The molecule has 0 amide bonds. The van der Waals surface area contributed by atoms with E-state index >= 15 is 0 Å². The highest BCUT2D eigenvalue weighted by atomic mass is 32.2. The van der Waals surface area contributed by atoms with Gasteiger partial charge >= 0.3 is 0 Å². The van der Waals surface area contributed by atoms with Gasteiger partial charge in [-0.2, -0.15) is 0 Å². The number of benzene rings is 3. The lowest BCUT2D eigenvalue weighted by molar-refractivity contribution is 0.417. The molecular weight excluding hydrogens is 452 g/mol. The molecular formula is C22H24N2O6S2. The molecule has 0 aliphatic heterocycles. The fourth-order valence-electron chi connectivity index (χ4n) is 2.93. The lowest BCUT2D eigenvalue weighted by Crippen LogP contribution is -2.16. The molecule has 0 saturated carbocycles. The van der Waals surface area contributed by atoms with Crippen LogP contribution in [0.3, 0.4) is 0 Å². The Labute approximate surface area is 188 Å². The highest BCUT2D eigenvalue weighted by Crippen LogP contribution is 2.31. The van der Waals surface area contributed by atoms with Crippen LogP contribution in [-0.2, 0) is 20.0 Å². The normalized spacial score (nSPS) is 11.9. The minimum absolute atomic E-state index is 0.0123. The molecule has 8 nitrogen and oxygen atoms in total. The van der Waals surface area contributed by atoms with E-state index in [4.69, 9.17) is 4.74 Å². The summed E-state index contributed by atoms with van der Waals surface area (Å²) >= 11 is 0. The molecule has 0 aromatic heterocycles. The molecule has 3 aromatic rings. The van der Waals surface area contributed by atoms with Crippen LogP contribution in [0, 0.1) is 0 Å². The van der Waals surface area contributed by atoms with Crippen LogP contribution in [0.2, 0.25) is 0 Å². The van der Waals surface area contributed by atoms with Crippen LogP contribution in [0.5, 0.6) is 11.5 Å². The van der Waals surface area contributed by atoms with Gasteiger partial charge in [0, 0.05) is 0 Å². The first-order chi connectivity index (χ1) is 15.0. The highest BCUT2D eigenvalue weighted by Gasteiger charge is 2.21. The standard InChI is InChI=1S/C22H24N2O6S2/c1-15(2)16-8-10-17(11-9-16)31(26,27)24-20-14-18(12-13-21(20)25)32(28,29)23-19-6-4-5-7-22(19)30-3/h4-15,23-25H,1-3H3. The van der Waals surface area contributed by atoms with Crippen LogP contribution < -0.4 is 14.2 Å². The molecule has 32 heavy (non-hydrogen) atoms. The second kappa shape index (κ2) is 9.09. The molecule has 3 N–H and O–H groups in total. The van der Waals surface area contributed by atoms with Crippen molar-refractivity contribution >= 4 is 31.4 Å². The van der Waals surface area contributed by atoms with Crippen LogP contribution in [-0.4, -0.2) is 29.1 Å². The third kappa shape index (κ3) is 5.14. The van der Waals surface area contributed by atoms with Gasteiger partial charge in [-0.25, -0.2) is 16.8 Å². The topological polar surface area (TPSA) is 122 Å². The van der Waals surface area contributed by atoms with Crippen molar-refractivity contribution in [3.8, 4) is 11.5 Å². The van der Waals surface area contributed by atoms with E-state index in [1.54, 1.807) is 30.3 Å². The average Bonchev–Trinajstić information content (AvgIpc) is 2.75. The molecule has 0 bridgehead atoms. The van der Waals surface area contributed by atoms with E-state index in [9.17, 15) is 21.9 Å². The maximum Gasteiger partial charge on any atom is 0.262 e. The highest BCUT2D eigenvalue weighted by molar-refractivity contribution is 7.93. The van der Waals surface area contributed by atoms with Crippen LogP contribution in [0.1, 0.15) is 25.3 Å².